The van der Waals surface area contributed by atoms with Crippen molar-refractivity contribution in [3.8, 4) is 0 Å². The third-order valence-electron chi connectivity index (χ3n) is 2.40. The van der Waals surface area contributed by atoms with E-state index in [0.29, 0.717) is 12.5 Å². The van der Waals surface area contributed by atoms with Gasteiger partial charge in [-0.05, 0) is 18.8 Å². The van der Waals surface area contributed by atoms with Crippen molar-refractivity contribution in [2.24, 2.45) is 5.92 Å². The van der Waals surface area contributed by atoms with Crippen LogP contribution in [-0.4, -0.2) is 30.8 Å². The average molecular weight is 200 g/mol. The second-order valence-corrected chi connectivity index (χ2v) is 3.94. The SMILES string of the molecule is CCCCOC(=O)NN1CCC(C)C1. The van der Waals surface area contributed by atoms with Crippen LogP contribution < -0.4 is 5.43 Å². The Morgan fingerprint density at radius 3 is 3.00 bits per heavy atom. The lowest BCUT2D eigenvalue weighted by atomic mass is 10.2. The highest BCUT2D eigenvalue weighted by Crippen LogP contribution is 2.12. The molecule has 4 nitrogen and oxygen atoms in total. The van der Waals surface area contributed by atoms with E-state index in [1.807, 2.05) is 5.01 Å². The van der Waals surface area contributed by atoms with Crippen LogP contribution in [-0.2, 0) is 4.74 Å². The van der Waals surface area contributed by atoms with Crippen LogP contribution in [0.25, 0.3) is 0 Å². The number of amides is 1. The van der Waals surface area contributed by atoms with Crippen molar-refractivity contribution >= 4 is 6.09 Å². The summed E-state index contributed by atoms with van der Waals surface area (Å²) < 4.78 is 4.99. The zero-order valence-corrected chi connectivity index (χ0v) is 9.08. The molecule has 1 fully saturated rings. The minimum absolute atomic E-state index is 0.312. The van der Waals surface area contributed by atoms with Gasteiger partial charge < -0.3 is 4.74 Å². The van der Waals surface area contributed by atoms with Gasteiger partial charge in [0.05, 0.1) is 6.61 Å². The number of unbranched alkanes of at least 4 members (excludes halogenated alkanes) is 1. The molecule has 82 valence electrons. The van der Waals surface area contributed by atoms with Crippen molar-refractivity contribution in [3.05, 3.63) is 0 Å². The summed E-state index contributed by atoms with van der Waals surface area (Å²) in [6.07, 6.45) is 2.82. The van der Waals surface area contributed by atoms with Crippen LogP contribution in [0.4, 0.5) is 4.79 Å². The van der Waals surface area contributed by atoms with Crippen molar-refractivity contribution in [1.82, 2.24) is 10.4 Å². The van der Waals surface area contributed by atoms with Gasteiger partial charge in [-0.2, -0.15) is 0 Å². The van der Waals surface area contributed by atoms with Gasteiger partial charge in [0, 0.05) is 13.1 Å². The van der Waals surface area contributed by atoms with E-state index in [4.69, 9.17) is 4.74 Å². The molecule has 0 aromatic rings. The van der Waals surface area contributed by atoms with E-state index in [-0.39, 0.29) is 6.09 Å². The molecule has 0 bridgehead atoms. The molecule has 0 spiro atoms. The number of ether oxygens (including phenoxy) is 1. The summed E-state index contributed by atoms with van der Waals surface area (Å²) in [5.41, 5.74) is 2.74. The zero-order chi connectivity index (χ0) is 10.4. The van der Waals surface area contributed by atoms with E-state index in [2.05, 4.69) is 19.3 Å². The molecule has 1 N–H and O–H groups in total. The van der Waals surface area contributed by atoms with Gasteiger partial charge in [-0.15, -0.1) is 0 Å². The number of carbonyl (C=O) groups is 1. The quantitative estimate of drug-likeness (QED) is 0.703. The van der Waals surface area contributed by atoms with E-state index >= 15 is 0 Å². The highest BCUT2D eigenvalue weighted by atomic mass is 16.6. The fourth-order valence-corrected chi connectivity index (χ4v) is 1.51. The summed E-state index contributed by atoms with van der Waals surface area (Å²) in [5.74, 6) is 0.672. The zero-order valence-electron chi connectivity index (χ0n) is 9.08. The van der Waals surface area contributed by atoms with E-state index in [0.717, 1.165) is 32.4 Å². The number of carbonyl (C=O) groups excluding carboxylic acids is 1. The average Bonchev–Trinajstić information content (AvgIpc) is 2.52. The molecule has 0 radical (unpaired) electrons. The summed E-state index contributed by atoms with van der Waals surface area (Å²) in [5, 5.41) is 1.93. The van der Waals surface area contributed by atoms with Crippen LogP contribution in [0.5, 0.6) is 0 Å². The maximum absolute atomic E-state index is 11.2. The Morgan fingerprint density at radius 2 is 2.43 bits per heavy atom. The predicted molar refractivity (Wildman–Crippen MR) is 54.7 cm³/mol. The molecule has 1 heterocycles. The first kappa shape index (κ1) is 11.3. The molecule has 0 aliphatic carbocycles. The van der Waals surface area contributed by atoms with Crippen molar-refractivity contribution in [1.29, 1.82) is 0 Å². The number of hydrazine groups is 1. The Bertz CT molecular complexity index is 185. The van der Waals surface area contributed by atoms with Crippen LogP contribution in [0.3, 0.4) is 0 Å². The third-order valence-corrected chi connectivity index (χ3v) is 2.40. The highest BCUT2D eigenvalue weighted by molar-refractivity contribution is 5.66. The maximum atomic E-state index is 11.2. The molecule has 1 amide bonds. The van der Waals surface area contributed by atoms with E-state index < -0.39 is 0 Å². The van der Waals surface area contributed by atoms with Gasteiger partial charge in [-0.25, -0.2) is 9.80 Å². The Morgan fingerprint density at radius 1 is 1.64 bits per heavy atom. The molecular formula is C10H20N2O2. The molecule has 1 atom stereocenters. The second kappa shape index (κ2) is 5.86. The van der Waals surface area contributed by atoms with Gasteiger partial charge in [0.1, 0.15) is 0 Å². The molecule has 4 heteroatoms. The minimum Gasteiger partial charge on any atom is -0.449 e. The number of nitrogens with zero attached hydrogens (tertiary/aromatic N) is 1. The summed E-state index contributed by atoms with van der Waals surface area (Å²) in [6.45, 7) is 6.65. The Kier molecular flexibility index (Phi) is 4.73. The lowest BCUT2D eigenvalue weighted by Crippen LogP contribution is -2.40. The van der Waals surface area contributed by atoms with E-state index in [1.165, 1.54) is 0 Å². The molecule has 14 heavy (non-hydrogen) atoms. The Hall–Kier alpha value is -0.770. The standard InChI is InChI=1S/C10H20N2O2/c1-3-4-7-14-10(13)11-12-6-5-9(2)8-12/h9H,3-8H2,1-2H3,(H,11,13). The highest BCUT2D eigenvalue weighted by Gasteiger charge is 2.20. The van der Waals surface area contributed by atoms with Gasteiger partial charge >= 0.3 is 6.09 Å². The minimum atomic E-state index is -0.312. The summed E-state index contributed by atoms with van der Waals surface area (Å²) in [6, 6.07) is 0. The molecule has 1 aliphatic rings. The summed E-state index contributed by atoms with van der Waals surface area (Å²) in [4.78, 5) is 11.2. The van der Waals surface area contributed by atoms with Gasteiger partial charge in [0.25, 0.3) is 0 Å². The first-order valence-corrected chi connectivity index (χ1v) is 5.40. The normalized spacial score (nSPS) is 22.3. The predicted octanol–water partition coefficient (Wildman–Crippen LogP) is 1.77. The maximum Gasteiger partial charge on any atom is 0.421 e. The first-order chi connectivity index (χ1) is 6.72. The van der Waals surface area contributed by atoms with Crippen LogP contribution >= 0.6 is 0 Å². The van der Waals surface area contributed by atoms with E-state index in [1.54, 1.807) is 0 Å². The van der Waals surface area contributed by atoms with Crippen LogP contribution in [0.2, 0.25) is 0 Å². The lowest BCUT2D eigenvalue weighted by molar-refractivity contribution is 0.112. The van der Waals surface area contributed by atoms with E-state index in [9.17, 15) is 4.79 Å². The van der Waals surface area contributed by atoms with Crippen molar-refractivity contribution in [2.75, 3.05) is 19.7 Å². The first-order valence-electron chi connectivity index (χ1n) is 5.40. The monoisotopic (exact) mass is 200 g/mol. The topological polar surface area (TPSA) is 41.6 Å². The number of hydrogen-bond acceptors (Lipinski definition) is 3. The lowest BCUT2D eigenvalue weighted by Gasteiger charge is -2.16. The summed E-state index contributed by atoms with van der Waals surface area (Å²) >= 11 is 0. The number of nitrogens with one attached hydrogen (secondary N) is 1. The van der Waals surface area contributed by atoms with Crippen molar-refractivity contribution < 1.29 is 9.53 Å². The third kappa shape index (κ3) is 3.96. The molecule has 1 aliphatic heterocycles. The van der Waals surface area contributed by atoms with Gasteiger partial charge in [-0.3, -0.25) is 5.43 Å². The molecule has 0 aromatic carbocycles. The van der Waals surface area contributed by atoms with Crippen molar-refractivity contribution in [2.45, 2.75) is 33.1 Å². The second-order valence-electron chi connectivity index (χ2n) is 3.94. The Balaban J connectivity index is 2.08. The molecule has 0 aromatic heterocycles. The van der Waals surface area contributed by atoms with Gasteiger partial charge in [0.2, 0.25) is 0 Å². The van der Waals surface area contributed by atoms with Crippen molar-refractivity contribution in [3.63, 3.8) is 0 Å². The smallest absolute Gasteiger partial charge is 0.421 e. The number of hydrogen-bond donors (Lipinski definition) is 1. The van der Waals surface area contributed by atoms with Crippen LogP contribution in [0.15, 0.2) is 0 Å². The Labute approximate surface area is 85.6 Å². The summed E-state index contributed by atoms with van der Waals surface area (Å²) in [7, 11) is 0. The largest absolute Gasteiger partial charge is 0.449 e. The van der Waals surface area contributed by atoms with Crippen LogP contribution in [0, 0.1) is 5.92 Å². The van der Waals surface area contributed by atoms with Gasteiger partial charge in [-0.1, -0.05) is 20.3 Å². The molecule has 0 saturated carbocycles. The fourth-order valence-electron chi connectivity index (χ4n) is 1.51. The number of rotatable bonds is 4. The van der Waals surface area contributed by atoms with Crippen LogP contribution in [0.1, 0.15) is 33.1 Å². The van der Waals surface area contributed by atoms with Gasteiger partial charge in [0.15, 0.2) is 0 Å². The fraction of sp³-hybridized carbons (Fsp3) is 0.900. The molecular weight excluding hydrogens is 180 g/mol. The molecule has 1 unspecified atom stereocenters. The molecule has 1 saturated heterocycles. The molecule has 1 rings (SSSR count).